The van der Waals surface area contributed by atoms with E-state index in [1.165, 1.54) is 10.4 Å². The number of rotatable bonds is 5. The van der Waals surface area contributed by atoms with Crippen molar-refractivity contribution in [3.05, 3.63) is 83.9 Å². The highest BCUT2D eigenvalue weighted by molar-refractivity contribution is 7.18. The molecule has 5 rings (SSSR count). The van der Waals surface area contributed by atoms with Crippen molar-refractivity contribution in [1.82, 2.24) is 14.9 Å². The summed E-state index contributed by atoms with van der Waals surface area (Å²) in [5.41, 5.74) is 1.62. The lowest BCUT2D eigenvalue weighted by atomic mass is 9.97. The highest BCUT2D eigenvalue weighted by atomic mass is 35.5. The summed E-state index contributed by atoms with van der Waals surface area (Å²) in [4.78, 5) is 38.7. The van der Waals surface area contributed by atoms with Gasteiger partial charge in [-0.05, 0) is 67.0 Å². The number of aromatic nitrogens is 2. The molecule has 3 aromatic heterocycles. The zero-order chi connectivity index (χ0) is 21.4. The lowest BCUT2D eigenvalue weighted by Gasteiger charge is -2.22. The van der Waals surface area contributed by atoms with Crippen molar-refractivity contribution < 1.29 is 4.79 Å². The number of hydrogen-bond acceptors (Lipinski definition) is 5. The minimum atomic E-state index is -0.127. The van der Waals surface area contributed by atoms with E-state index < -0.39 is 0 Å². The van der Waals surface area contributed by atoms with Crippen LogP contribution in [0.25, 0.3) is 10.2 Å². The van der Waals surface area contributed by atoms with Crippen LogP contribution in [0.5, 0.6) is 0 Å². The molecule has 0 atom stereocenters. The molecule has 5 nitrogen and oxygen atoms in total. The van der Waals surface area contributed by atoms with Crippen LogP contribution in [0.1, 0.15) is 44.3 Å². The first-order valence-electron chi connectivity index (χ1n) is 10.2. The number of amides is 1. The Kier molecular flexibility index (Phi) is 5.65. The Balaban J connectivity index is 1.49. The highest BCUT2D eigenvalue weighted by Gasteiger charge is 2.22. The Morgan fingerprint density at radius 2 is 1.94 bits per heavy atom. The van der Waals surface area contributed by atoms with Gasteiger partial charge in [0.2, 0.25) is 0 Å². The van der Waals surface area contributed by atoms with Crippen LogP contribution in [0, 0.1) is 0 Å². The molecule has 31 heavy (non-hydrogen) atoms. The van der Waals surface area contributed by atoms with Crippen molar-refractivity contribution in [3.63, 3.8) is 0 Å². The summed E-state index contributed by atoms with van der Waals surface area (Å²) in [5.74, 6) is 0.383. The van der Waals surface area contributed by atoms with E-state index in [1.807, 2.05) is 17.5 Å². The fraction of sp³-hybridized carbons (Fsp3) is 0.261. The molecule has 4 aromatic rings. The number of aromatic amines is 1. The number of H-pyrrole nitrogens is 1. The number of nitrogens with zero attached hydrogens (tertiary/aromatic N) is 2. The Morgan fingerprint density at radius 1 is 1.13 bits per heavy atom. The monoisotopic (exact) mass is 469 g/mol. The topological polar surface area (TPSA) is 66.1 Å². The molecule has 1 N–H and O–H groups in total. The first kappa shape index (κ1) is 20.4. The first-order chi connectivity index (χ1) is 15.1. The average molecular weight is 470 g/mol. The van der Waals surface area contributed by atoms with Crippen LogP contribution < -0.4 is 5.56 Å². The van der Waals surface area contributed by atoms with Crippen LogP contribution in [0.2, 0.25) is 5.02 Å². The van der Waals surface area contributed by atoms with Crippen molar-refractivity contribution in [2.24, 2.45) is 0 Å². The van der Waals surface area contributed by atoms with Crippen LogP contribution in [0.15, 0.2) is 46.6 Å². The fourth-order valence-electron chi connectivity index (χ4n) is 4.03. The molecule has 0 fully saturated rings. The standard InChI is InChI=1S/C23H20ClN3O2S2/c24-15-9-7-14(8-10-15)23(29)27(12-16-4-3-11-30-16)13-19-25-21(28)20-17-5-1-2-6-18(17)31-22(20)26-19/h3-4,7-11H,1-2,5-6,12-13H2,(H,25,26,28). The third-order valence-corrected chi connectivity index (χ3v) is 7.82. The number of carbonyl (C=O) groups excluding carboxylic acids is 1. The number of halogens is 1. The van der Waals surface area contributed by atoms with Gasteiger partial charge in [0.15, 0.2) is 0 Å². The van der Waals surface area contributed by atoms with Crippen LogP contribution in [0.3, 0.4) is 0 Å². The van der Waals surface area contributed by atoms with Crippen molar-refractivity contribution in [3.8, 4) is 0 Å². The molecule has 0 aliphatic heterocycles. The van der Waals surface area contributed by atoms with E-state index in [0.29, 0.717) is 23.0 Å². The van der Waals surface area contributed by atoms with Gasteiger partial charge < -0.3 is 9.88 Å². The molecule has 0 unspecified atom stereocenters. The molecular weight excluding hydrogens is 450 g/mol. The molecule has 1 aliphatic carbocycles. The van der Waals surface area contributed by atoms with Gasteiger partial charge in [-0.3, -0.25) is 9.59 Å². The minimum Gasteiger partial charge on any atom is -0.326 e. The van der Waals surface area contributed by atoms with Crippen molar-refractivity contribution in [2.45, 2.75) is 38.8 Å². The summed E-state index contributed by atoms with van der Waals surface area (Å²) in [5, 5.41) is 3.31. The molecule has 3 heterocycles. The maximum atomic E-state index is 13.3. The summed E-state index contributed by atoms with van der Waals surface area (Å²) in [6, 6.07) is 10.8. The number of thiophene rings is 2. The number of carbonyl (C=O) groups is 1. The van der Waals surface area contributed by atoms with Gasteiger partial charge in [-0.15, -0.1) is 22.7 Å². The number of benzene rings is 1. The molecule has 1 aromatic carbocycles. The molecule has 158 valence electrons. The summed E-state index contributed by atoms with van der Waals surface area (Å²) in [6.07, 6.45) is 4.24. The lowest BCUT2D eigenvalue weighted by molar-refractivity contribution is 0.0727. The number of hydrogen-bond donors (Lipinski definition) is 1. The van der Waals surface area contributed by atoms with Crippen LogP contribution in [-0.2, 0) is 25.9 Å². The van der Waals surface area contributed by atoms with Gasteiger partial charge in [-0.1, -0.05) is 17.7 Å². The second kappa shape index (κ2) is 8.57. The van der Waals surface area contributed by atoms with E-state index in [2.05, 4.69) is 4.98 Å². The molecule has 0 saturated heterocycles. The quantitative estimate of drug-likeness (QED) is 0.424. The molecule has 8 heteroatoms. The van der Waals surface area contributed by atoms with Gasteiger partial charge in [0.1, 0.15) is 10.7 Å². The minimum absolute atomic E-state index is 0.102. The summed E-state index contributed by atoms with van der Waals surface area (Å²) < 4.78 is 0. The third-order valence-electron chi connectivity index (χ3n) is 5.52. The smallest absolute Gasteiger partial charge is 0.259 e. The van der Waals surface area contributed by atoms with Gasteiger partial charge in [0.05, 0.1) is 18.5 Å². The summed E-state index contributed by atoms with van der Waals surface area (Å²) in [7, 11) is 0. The fourth-order valence-corrected chi connectivity index (χ4v) is 6.16. The van der Waals surface area contributed by atoms with Gasteiger partial charge in [0, 0.05) is 20.3 Å². The molecule has 0 saturated carbocycles. The maximum absolute atomic E-state index is 13.3. The van der Waals surface area contributed by atoms with Gasteiger partial charge in [0.25, 0.3) is 11.5 Å². The number of fused-ring (bicyclic) bond motifs is 3. The Hall–Kier alpha value is -2.48. The Morgan fingerprint density at radius 3 is 2.71 bits per heavy atom. The highest BCUT2D eigenvalue weighted by Crippen LogP contribution is 2.33. The normalized spacial score (nSPS) is 13.3. The SMILES string of the molecule is O=C(c1ccc(Cl)cc1)N(Cc1nc2sc3c(c2c(=O)[nH]1)CCCC3)Cc1cccs1. The van der Waals surface area contributed by atoms with E-state index in [-0.39, 0.29) is 18.0 Å². The van der Waals surface area contributed by atoms with Crippen molar-refractivity contribution in [2.75, 3.05) is 0 Å². The van der Waals surface area contributed by atoms with Gasteiger partial charge >= 0.3 is 0 Å². The largest absolute Gasteiger partial charge is 0.326 e. The van der Waals surface area contributed by atoms with Crippen molar-refractivity contribution in [1.29, 1.82) is 0 Å². The van der Waals surface area contributed by atoms with Crippen LogP contribution in [-0.4, -0.2) is 20.8 Å². The van der Waals surface area contributed by atoms with Gasteiger partial charge in [-0.25, -0.2) is 4.98 Å². The zero-order valence-corrected chi connectivity index (χ0v) is 19.1. The van der Waals surface area contributed by atoms with E-state index in [1.54, 1.807) is 51.8 Å². The van der Waals surface area contributed by atoms with E-state index >= 15 is 0 Å². The second-order valence-corrected chi connectivity index (χ2v) is 10.2. The van der Waals surface area contributed by atoms with E-state index in [0.717, 1.165) is 40.8 Å². The average Bonchev–Trinajstić information content (AvgIpc) is 3.40. The van der Waals surface area contributed by atoms with Crippen LogP contribution >= 0.6 is 34.3 Å². The predicted octanol–water partition coefficient (Wildman–Crippen LogP) is 5.42. The zero-order valence-electron chi connectivity index (χ0n) is 16.7. The predicted molar refractivity (Wildman–Crippen MR) is 126 cm³/mol. The molecule has 0 bridgehead atoms. The van der Waals surface area contributed by atoms with E-state index in [9.17, 15) is 9.59 Å². The molecule has 0 radical (unpaired) electrons. The van der Waals surface area contributed by atoms with Gasteiger partial charge in [-0.2, -0.15) is 0 Å². The Labute approximate surface area is 192 Å². The first-order valence-corrected chi connectivity index (χ1v) is 12.3. The third kappa shape index (κ3) is 4.18. The molecule has 1 amide bonds. The summed E-state index contributed by atoms with van der Waals surface area (Å²) >= 11 is 9.20. The lowest BCUT2D eigenvalue weighted by Crippen LogP contribution is -2.31. The van der Waals surface area contributed by atoms with Crippen LogP contribution in [0.4, 0.5) is 0 Å². The Bertz CT molecular complexity index is 1290. The molecule has 0 spiro atoms. The number of aryl methyl sites for hydroxylation is 2. The summed E-state index contributed by atoms with van der Waals surface area (Å²) in [6.45, 7) is 0.676. The molecular formula is C23H20ClN3O2S2. The maximum Gasteiger partial charge on any atom is 0.259 e. The number of nitrogens with one attached hydrogen (secondary N) is 1. The second-order valence-electron chi connectivity index (χ2n) is 7.65. The molecule has 1 aliphatic rings. The van der Waals surface area contributed by atoms with E-state index in [4.69, 9.17) is 16.6 Å². The van der Waals surface area contributed by atoms with Crippen molar-refractivity contribution >= 4 is 50.4 Å².